The van der Waals surface area contributed by atoms with Gasteiger partial charge in [-0.2, -0.15) is 0 Å². The topological polar surface area (TPSA) is 78.9 Å². The predicted molar refractivity (Wildman–Crippen MR) is 76.7 cm³/mol. The van der Waals surface area contributed by atoms with Gasteiger partial charge in [-0.05, 0) is 24.6 Å². The van der Waals surface area contributed by atoms with Gasteiger partial charge < -0.3 is 14.7 Å². The summed E-state index contributed by atoms with van der Waals surface area (Å²) in [5, 5.41) is 9.12. The van der Waals surface area contributed by atoms with Gasteiger partial charge in [0.2, 0.25) is 10.0 Å². The molecule has 0 aromatic heterocycles. The minimum Gasteiger partial charge on any atom is -0.490 e. The Morgan fingerprint density at radius 1 is 1.50 bits per heavy atom. The second-order valence-electron chi connectivity index (χ2n) is 4.81. The van der Waals surface area contributed by atoms with Crippen molar-refractivity contribution in [1.82, 2.24) is 4.72 Å². The van der Waals surface area contributed by atoms with Gasteiger partial charge in [0.25, 0.3) is 0 Å². The Hall–Kier alpha value is -1.31. The van der Waals surface area contributed by atoms with Gasteiger partial charge in [-0.1, -0.05) is 6.92 Å². The third-order valence-electron chi connectivity index (χ3n) is 3.37. The molecule has 1 aromatic rings. The largest absolute Gasteiger partial charge is 0.490 e. The number of nitrogens with one attached hydrogen (secondary N) is 1. The summed E-state index contributed by atoms with van der Waals surface area (Å²) in [6.07, 6.45) is 0.531. The SMILES string of the molecule is CCC(CO)NS(=O)(=O)c1ccc2c(c1)N(C)CCO2. The van der Waals surface area contributed by atoms with Crippen LogP contribution in [0.3, 0.4) is 0 Å². The van der Waals surface area contributed by atoms with Crippen molar-refractivity contribution in [2.24, 2.45) is 0 Å². The molecule has 0 aliphatic carbocycles. The first-order valence-electron chi connectivity index (χ1n) is 6.59. The van der Waals surface area contributed by atoms with E-state index < -0.39 is 16.1 Å². The van der Waals surface area contributed by atoms with E-state index in [2.05, 4.69) is 4.72 Å². The Bertz CT molecular complexity index is 570. The molecule has 0 spiro atoms. The van der Waals surface area contributed by atoms with Crippen LogP contribution in [0.5, 0.6) is 5.75 Å². The molecule has 7 heteroatoms. The number of rotatable bonds is 5. The third kappa shape index (κ3) is 3.05. The van der Waals surface area contributed by atoms with Crippen LogP contribution >= 0.6 is 0 Å². The Labute approximate surface area is 119 Å². The molecular formula is C13H20N2O4S. The first kappa shape index (κ1) is 15.1. The van der Waals surface area contributed by atoms with Crippen LogP contribution in [-0.4, -0.2) is 46.4 Å². The molecule has 1 aliphatic heterocycles. The highest BCUT2D eigenvalue weighted by molar-refractivity contribution is 7.89. The Morgan fingerprint density at radius 3 is 2.90 bits per heavy atom. The highest BCUT2D eigenvalue weighted by atomic mass is 32.2. The molecule has 1 aromatic carbocycles. The van der Waals surface area contributed by atoms with Crippen molar-refractivity contribution < 1.29 is 18.3 Å². The summed E-state index contributed by atoms with van der Waals surface area (Å²) in [7, 11) is -1.74. The number of anilines is 1. The van der Waals surface area contributed by atoms with Gasteiger partial charge in [0.1, 0.15) is 12.4 Å². The lowest BCUT2D eigenvalue weighted by atomic mass is 10.2. The van der Waals surface area contributed by atoms with Crippen LogP contribution in [0.4, 0.5) is 5.69 Å². The summed E-state index contributed by atoms with van der Waals surface area (Å²) in [6.45, 7) is 2.91. The first-order valence-corrected chi connectivity index (χ1v) is 8.07. The van der Waals surface area contributed by atoms with Crippen molar-refractivity contribution in [2.75, 3.05) is 31.7 Å². The molecule has 0 fully saturated rings. The van der Waals surface area contributed by atoms with Crippen LogP contribution < -0.4 is 14.4 Å². The number of aliphatic hydroxyl groups is 1. The molecule has 20 heavy (non-hydrogen) atoms. The first-order chi connectivity index (χ1) is 9.47. The molecule has 6 nitrogen and oxygen atoms in total. The van der Waals surface area contributed by atoms with E-state index in [0.717, 1.165) is 12.2 Å². The lowest BCUT2D eigenvalue weighted by Crippen LogP contribution is -2.37. The standard InChI is InChI=1S/C13H20N2O4S/c1-3-10(9-16)14-20(17,18)11-4-5-13-12(8-11)15(2)6-7-19-13/h4-5,8,10,14,16H,3,6-7,9H2,1-2H3. The lowest BCUT2D eigenvalue weighted by Gasteiger charge is -2.28. The number of nitrogens with zero attached hydrogens (tertiary/aromatic N) is 1. The fourth-order valence-electron chi connectivity index (χ4n) is 2.03. The lowest BCUT2D eigenvalue weighted by molar-refractivity contribution is 0.254. The van der Waals surface area contributed by atoms with Crippen LogP contribution in [0.2, 0.25) is 0 Å². The van der Waals surface area contributed by atoms with Crippen LogP contribution in [0.1, 0.15) is 13.3 Å². The van der Waals surface area contributed by atoms with Gasteiger partial charge in [0, 0.05) is 13.1 Å². The van der Waals surface area contributed by atoms with Crippen molar-refractivity contribution >= 4 is 15.7 Å². The van der Waals surface area contributed by atoms with Gasteiger partial charge in [-0.15, -0.1) is 0 Å². The smallest absolute Gasteiger partial charge is 0.240 e. The zero-order valence-electron chi connectivity index (χ0n) is 11.7. The molecule has 2 rings (SSSR count). The van der Waals surface area contributed by atoms with E-state index in [1.165, 1.54) is 6.07 Å². The maximum absolute atomic E-state index is 12.3. The van der Waals surface area contributed by atoms with E-state index in [1.54, 1.807) is 12.1 Å². The van der Waals surface area contributed by atoms with E-state index in [1.807, 2.05) is 18.9 Å². The molecule has 112 valence electrons. The van der Waals surface area contributed by atoms with E-state index in [-0.39, 0.29) is 11.5 Å². The zero-order chi connectivity index (χ0) is 14.8. The van der Waals surface area contributed by atoms with E-state index in [4.69, 9.17) is 9.84 Å². The Morgan fingerprint density at radius 2 is 2.25 bits per heavy atom. The van der Waals surface area contributed by atoms with Crippen molar-refractivity contribution in [2.45, 2.75) is 24.3 Å². The fraction of sp³-hybridized carbons (Fsp3) is 0.538. The molecule has 0 radical (unpaired) electrons. The van der Waals surface area contributed by atoms with Crippen LogP contribution in [0.25, 0.3) is 0 Å². The molecule has 0 saturated heterocycles. The van der Waals surface area contributed by atoms with Crippen LogP contribution in [0.15, 0.2) is 23.1 Å². The Kier molecular flexibility index (Phi) is 4.52. The minimum absolute atomic E-state index is 0.181. The molecular weight excluding hydrogens is 280 g/mol. The van der Waals surface area contributed by atoms with Gasteiger partial charge >= 0.3 is 0 Å². The Balaban J connectivity index is 2.31. The summed E-state index contributed by atoms with van der Waals surface area (Å²) in [4.78, 5) is 2.14. The number of aliphatic hydroxyl groups excluding tert-OH is 1. The normalized spacial score (nSPS) is 16.4. The summed E-state index contributed by atoms with van der Waals surface area (Å²) in [5.74, 6) is 0.687. The number of hydrogen-bond acceptors (Lipinski definition) is 5. The van der Waals surface area contributed by atoms with Crippen LogP contribution in [0, 0.1) is 0 Å². The molecule has 1 heterocycles. The zero-order valence-corrected chi connectivity index (χ0v) is 12.5. The number of ether oxygens (including phenoxy) is 1. The second kappa shape index (κ2) is 5.99. The van der Waals surface area contributed by atoms with E-state index >= 15 is 0 Å². The molecule has 1 aliphatic rings. The molecule has 0 bridgehead atoms. The van der Waals surface area contributed by atoms with Crippen molar-refractivity contribution in [1.29, 1.82) is 0 Å². The average Bonchev–Trinajstić information content (AvgIpc) is 2.45. The molecule has 0 amide bonds. The number of fused-ring (bicyclic) bond motifs is 1. The highest BCUT2D eigenvalue weighted by Crippen LogP contribution is 2.32. The number of hydrogen-bond donors (Lipinski definition) is 2. The predicted octanol–water partition coefficient (Wildman–Crippen LogP) is 0.564. The number of sulfonamides is 1. The summed E-state index contributed by atoms with van der Waals surface area (Å²) in [6, 6.07) is 4.31. The summed E-state index contributed by atoms with van der Waals surface area (Å²) < 4.78 is 32.5. The number of likely N-dealkylation sites (N-methyl/N-ethyl adjacent to an activating group) is 1. The highest BCUT2D eigenvalue weighted by Gasteiger charge is 2.22. The maximum atomic E-state index is 12.3. The monoisotopic (exact) mass is 300 g/mol. The van der Waals surface area contributed by atoms with Crippen molar-refractivity contribution in [3.63, 3.8) is 0 Å². The van der Waals surface area contributed by atoms with Gasteiger partial charge in [-0.25, -0.2) is 13.1 Å². The second-order valence-corrected chi connectivity index (χ2v) is 6.52. The van der Waals surface area contributed by atoms with Gasteiger partial charge in [0.05, 0.1) is 23.7 Å². The molecule has 2 N–H and O–H groups in total. The van der Waals surface area contributed by atoms with E-state index in [9.17, 15) is 8.42 Å². The van der Waals surface area contributed by atoms with Gasteiger partial charge in [-0.3, -0.25) is 0 Å². The number of benzene rings is 1. The molecule has 0 saturated carbocycles. The summed E-state index contributed by atoms with van der Waals surface area (Å²) >= 11 is 0. The summed E-state index contributed by atoms with van der Waals surface area (Å²) in [5.41, 5.74) is 0.760. The fourth-order valence-corrected chi connectivity index (χ4v) is 3.36. The average molecular weight is 300 g/mol. The van der Waals surface area contributed by atoms with Gasteiger partial charge in [0.15, 0.2) is 0 Å². The van der Waals surface area contributed by atoms with Crippen LogP contribution in [-0.2, 0) is 10.0 Å². The quantitative estimate of drug-likeness (QED) is 0.831. The molecule has 1 atom stereocenters. The minimum atomic E-state index is -3.63. The van der Waals surface area contributed by atoms with Crippen molar-refractivity contribution in [3.8, 4) is 5.75 Å². The maximum Gasteiger partial charge on any atom is 0.240 e. The molecule has 1 unspecified atom stereocenters. The third-order valence-corrected chi connectivity index (χ3v) is 4.89. The van der Waals surface area contributed by atoms with E-state index in [0.29, 0.717) is 18.8 Å². The van der Waals surface area contributed by atoms with Crippen molar-refractivity contribution in [3.05, 3.63) is 18.2 Å².